The van der Waals surface area contributed by atoms with Crippen LogP contribution in [0.1, 0.15) is 11.7 Å². The zero-order chi connectivity index (χ0) is 14.7. The number of hydrogen-bond donors (Lipinski definition) is 1. The molecule has 0 saturated carbocycles. The van der Waals surface area contributed by atoms with E-state index in [0.717, 1.165) is 5.56 Å². The Kier molecular flexibility index (Phi) is 5.11. The normalized spacial score (nSPS) is 12.2. The molecule has 0 bridgehead atoms. The molecule has 106 valence electrons. The Balaban J connectivity index is 2.26. The molecule has 0 aliphatic carbocycles. The van der Waals surface area contributed by atoms with E-state index in [2.05, 4.69) is 0 Å². The van der Waals surface area contributed by atoms with Crippen LogP contribution < -0.4 is 10.5 Å². The van der Waals surface area contributed by atoms with Crippen molar-refractivity contribution >= 4 is 34.8 Å². The smallest absolute Gasteiger partial charge is 0.140 e. The minimum absolute atomic E-state index is 0.211. The number of rotatable bonds is 4. The Morgan fingerprint density at radius 2 is 1.60 bits per heavy atom. The van der Waals surface area contributed by atoms with Crippen LogP contribution in [0.15, 0.2) is 36.4 Å². The average Bonchev–Trinajstić information content (AvgIpc) is 2.42. The van der Waals surface area contributed by atoms with Gasteiger partial charge >= 0.3 is 0 Å². The van der Waals surface area contributed by atoms with Crippen LogP contribution in [0.3, 0.4) is 0 Å². The minimum Gasteiger partial charge on any atom is -0.483 e. The van der Waals surface area contributed by atoms with E-state index < -0.39 is 6.10 Å². The fourth-order valence-corrected chi connectivity index (χ4v) is 2.26. The van der Waals surface area contributed by atoms with Gasteiger partial charge in [0.2, 0.25) is 0 Å². The van der Waals surface area contributed by atoms with Gasteiger partial charge in [0.1, 0.15) is 17.7 Å². The van der Waals surface area contributed by atoms with E-state index in [1.165, 1.54) is 24.3 Å². The lowest BCUT2D eigenvalue weighted by Gasteiger charge is -2.19. The molecule has 0 amide bonds. The first-order valence-corrected chi connectivity index (χ1v) is 6.91. The molecule has 2 nitrogen and oxygen atoms in total. The highest BCUT2D eigenvalue weighted by atomic mass is 35.5. The van der Waals surface area contributed by atoms with Gasteiger partial charge in [0.05, 0.1) is 15.1 Å². The third kappa shape index (κ3) is 3.55. The predicted octanol–water partition coefficient (Wildman–Crippen LogP) is 4.86. The molecule has 2 aromatic rings. The zero-order valence-electron chi connectivity index (χ0n) is 10.2. The summed E-state index contributed by atoms with van der Waals surface area (Å²) in [6.45, 7) is 0.211. The summed E-state index contributed by atoms with van der Waals surface area (Å²) in [5.74, 6) is 0.0536. The highest BCUT2D eigenvalue weighted by molar-refractivity contribution is 6.43. The summed E-state index contributed by atoms with van der Waals surface area (Å²) in [5.41, 5.74) is 6.43. The first-order chi connectivity index (χ1) is 9.51. The van der Waals surface area contributed by atoms with Gasteiger partial charge in [-0.1, -0.05) is 46.9 Å². The molecule has 0 aliphatic rings. The molecule has 6 heteroatoms. The van der Waals surface area contributed by atoms with E-state index >= 15 is 0 Å². The molecule has 2 aromatic carbocycles. The molecule has 0 heterocycles. The summed E-state index contributed by atoms with van der Waals surface area (Å²) in [6, 6.07) is 8.93. The van der Waals surface area contributed by atoms with Crippen molar-refractivity contribution in [2.24, 2.45) is 5.73 Å². The maximum Gasteiger partial charge on any atom is 0.140 e. The summed E-state index contributed by atoms with van der Waals surface area (Å²) >= 11 is 17.8. The van der Waals surface area contributed by atoms with E-state index in [-0.39, 0.29) is 12.4 Å². The summed E-state index contributed by atoms with van der Waals surface area (Å²) in [5, 5.41) is 1.01. The van der Waals surface area contributed by atoms with Gasteiger partial charge in [-0.25, -0.2) is 4.39 Å². The van der Waals surface area contributed by atoms with Crippen molar-refractivity contribution in [2.45, 2.75) is 6.10 Å². The lowest BCUT2D eigenvalue weighted by atomic mass is 10.1. The Morgan fingerprint density at radius 1 is 1.00 bits per heavy atom. The van der Waals surface area contributed by atoms with Crippen molar-refractivity contribution in [1.82, 2.24) is 0 Å². The number of halogens is 4. The third-order valence-corrected chi connectivity index (χ3v) is 3.72. The molecule has 1 unspecified atom stereocenters. The number of hydrogen-bond acceptors (Lipinski definition) is 2. The highest BCUT2D eigenvalue weighted by Gasteiger charge is 2.15. The second-order valence-corrected chi connectivity index (χ2v) is 5.31. The maximum absolute atomic E-state index is 12.9. The van der Waals surface area contributed by atoms with Gasteiger partial charge in [-0.3, -0.25) is 0 Å². The Bertz CT molecular complexity index is 604. The first kappa shape index (κ1) is 15.4. The Labute approximate surface area is 131 Å². The summed E-state index contributed by atoms with van der Waals surface area (Å²) < 4.78 is 18.7. The second-order valence-electron chi connectivity index (χ2n) is 4.09. The van der Waals surface area contributed by atoms with Crippen LogP contribution in [0, 0.1) is 5.82 Å². The summed E-state index contributed by atoms with van der Waals surface area (Å²) in [4.78, 5) is 0. The third-order valence-electron chi connectivity index (χ3n) is 2.70. The summed E-state index contributed by atoms with van der Waals surface area (Å²) in [6.07, 6.45) is -0.453. The van der Waals surface area contributed by atoms with Crippen LogP contribution in [-0.2, 0) is 0 Å². The van der Waals surface area contributed by atoms with Crippen molar-refractivity contribution in [3.05, 3.63) is 62.8 Å². The van der Waals surface area contributed by atoms with Gasteiger partial charge in [-0.05, 0) is 23.8 Å². The maximum atomic E-state index is 12.9. The molecule has 20 heavy (non-hydrogen) atoms. The predicted molar refractivity (Wildman–Crippen MR) is 80.3 cm³/mol. The van der Waals surface area contributed by atoms with Crippen LogP contribution in [0.5, 0.6) is 5.75 Å². The molecule has 1 atom stereocenters. The lowest BCUT2D eigenvalue weighted by molar-refractivity contribution is 0.214. The van der Waals surface area contributed by atoms with Crippen LogP contribution in [-0.4, -0.2) is 6.54 Å². The van der Waals surface area contributed by atoms with E-state index in [0.29, 0.717) is 20.8 Å². The highest BCUT2D eigenvalue weighted by Crippen LogP contribution is 2.36. The molecule has 0 aliphatic heterocycles. The van der Waals surface area contributed by atoms with E-state index in [4.69, 9.17) is 45.3 Å². The number of nitrogens with two attached hydrogens (primary N) is 1. The monoisotopic (exact) mass is 333 g/mol. The van der Waals surface area contributed by atoms with E-state index in [1.54, 1.807) is 12.1 Å². The second kappa shape index (κ2) is 6.64. The van der Waals surface area contributed by atoms with Crippen LogP contribution in [0.4, 0.5) is 4.39 Å². The molecule has 0 fully saturated rings. The van der Waals surface area contributed by atoms with Crippen molar-refractivity contribution in [2.75, 3.05) is 6.54 Å². The molecule has 2 N–H and O–H groups in total. The Morgan fingerprint density at radius 3 is 2.20 bits per heavy atom. The molecule has 2 rings (SSSR count). The standard InChI is InChI=1S/C14H11Cl3FNO/c15-10-5-12(17)13(6-11(10)16)20-14(7-19)8-1-3-9(18)4-2-8/h1-6,14H,7,19H2. The van der Waals surface area contributed by atoms with Crippen molar-refractivity contribution < 1.29 is 9.13 Å². The topological polar surface area (TPSA) is 35.2 Å². The first-order valence-electron chi connectivity index (χ1n) is 5.78. The molecular weight excluding hydrogens is 324 g/mol. The lowest BCUT2D eigenvalue weighted by Crippen LogP contribution is -2.18. The van der Waals surface area contributed by atoms with Gasteiger partial charge in [0.25, 0.3) is 0 Å². The van der Waals surface area contributed by atoms with Crippen molar-refractivity contribution in [3.63, 3.8) is 0 Å². The van der Waals surface area contributed by atoms with E-state index in [9.17, 15) is 4.39 Å². The molecule has 0 saturated heterocycles. The van der Waals surface area contributed by atoms with Crippen molar-refractivity contribution in [1.29, 1.82) is 0 Å². The average molecular weight is 335 g/mol. The minimum atomic E-state index is -0.453. The van der Waals surface area contributed by atoms with Gasteiger partial charge in [-0.15, -0.1) is 0 Å². The van der Waals surface area contributed by atoms with Crippen LogP contribution in [0.2, 0.25) is 15.1 Å². The van der Waals surface area contributed by atoms with Crippen molar-refractivity contribution in [3.8, 4) is 5.75 Å². The largest absolute Gasteiger partial charge is 0.483 e. The molecular formula is C14H11Cl3FNO. The zero-order valence-corrected chi connectivity index (χ0v) is 12.5. The van der Waals surface area contributed by atoms with Crippen LogP contribution in [0.25, 0.3) is 0 Å². The van der Waals surface area contributed by atoms with E-state index in [1.807, 2.05) is 0 Å². The SMILES string of the molecule is NCC(Oc1cc(Cl)c(Cl)cc1Cl)c1ccc(F)cc1. The number of ether oxygens (including phenoxy) is 1. The Hall–Kier alpha value is -1.00. The van der Waals surface area contributed by atoms with Gasteiger partial charge in [0.15, 0.2) is 0 Å². The van der Waals surface area contributed by atoms with Gasteiger partial charge in [0, 0.05) is 12.6 Å². The van der Waals surface area contributed by atoms with Gasteiger partial charge < -0.3 is 10.5 Å². The molecule has 0 spiro atoms. The fraction of sp³-hybridized carbons (Fsp3) is 0.143. The van der Waals surface area contributed by atoms with Crippen LogP contribution >= 0.6 is 34.8 Å². The molecule has 0 aromatic heterocycles. The summed E-state index contributed by atoms with van der Waals surface area (Å²) in [7, 11) is 0. The molecule has 0 radical (unpaired) electrons. The van der Waals surface area contributed by atoms with Gasteiger partial charge in [-0.2, -0.15) is 0 Å². The quantitative estimate of drug-likeness (QED) is 0.810. The fourth-order valence-electron chi connectivity index (χ4n) is 1.68. The number of benzene rings is 2.